The topological polar surface area (TPSA) is 136 Å². The number of ether oxygens (including phenoxy) is 5. The van der Waals surface area contributed by atoms with E-state index < -0.39 is 59.6 Å². The zero-order valence-corrected chi connectivity index (χ0v) is 29.2. The number of allylic oxidation sites excluding steroid dienone is 5. The van der Waals surface area contributed by atoms with Crippen LogP contribution < -0.4 is 15.0 Å². The summed E-state index contributed by atoms with van der Waals surface area (Å²) < 4.78 is 29.3. The van der Waals surface area contributed by atoms with Gasteiger partial charge >= 0.3 is 12.1 Å². The molecule has 0 saturated carbocycles. The maximum absolute atomic E-state index is 14.1. The van der Waals surface area contributed by atoms with Gasteiger partial charge in [0, 0.05) is 32.1 Å². The first-order valence-corrected chi connectivity index (χ1v) is 16.1. The second-order valence-electron chi connectivity index (χ2n) is 13.4. The van der Waals surface area contributed by atoms with Crippen molar-refractivity contribution in [2.24, 2.45) is 11.8 Å². The smallest absolute Gasteiger partial charge is 0.409 e. The molecule has 2 fully saturated rings. The molecule has 3 aliphatic heterocycles. The highest BCUT2D eigenvalue weighted by Gasteiger charge is 2.64. The van der Waals surface area contributed by atoms with Gasteiger partial charge in [0.1, 0.15) is 29.7 Å². The highest BCUT2D eigenvalue weighted by Crippen LogP contribution is 2.49. The number of carbonyl (C=O) groups excluding carboxylic acids is 3. The van der Waals surface area contributed by atoms with Crippen LogP contribution in [0, 0.1) is 11.8 Å². The van der Waals surface area contributed by atoms with E-state index in [1.807, 2.05) is 52.0 Å². The Hall–Kier alpha value is -3.67. The van der Waals surface area contributed by atoms with Gasteiger partial charge in [0.05, 0.1) is 31.2 Å². The molecule has 1 aromatic rings. The van der Waals surface area contributed by atoms with Gasteiger partial charge in [-0.15, -0.1) is 0 Å². The van der Waals surface area contributed by atoms with Gasteiger partial charge in [-0.05, 0) is 57.4 Å². The Morgan fingerprint density at radius 2 is 1.94 bits per heavy atom. The zero-order chi connectivity index (χ0) is 34.8. The Balaban J connectivity index is 1.86. The van der Waals surface area contributed by atoms with Crippen molar-refractivity contribution in [3.05, 3.63) is 53.1 Å². The lowest BCUT2D eigenvalue weighted by atomic mass is 9.83. The molecule has 1 aromatic carbocycles. The molecule has 0 radical (unpaired) electrons. The van der Waals surface area contributed by atoms with E-state index in [4.69, 9.17) is 23.7 Å². The fraction of sp³-hybridized carbons (Fsp3) is 0.583. The minimum absolute atomic E-state index is 0.0121. The van der Waals surface area contributed by atoms with Gasteiger partial charge in [-0.3, -0.25) is 14.9 Å². The number of nitrogens with zero attached hydrogens (tertiary/aromatic N) is 1. The van der Waals surface area contributed by atoms with Crippen LogP contribution in [0.15, 0.2) is 42.0 Å². The Bertz CT molecular complexity index is 1470. The van der Waals surface area contributed by atoms with Crippen LogP contribution in [0.3, 0.4) is 0 Å². The van der Waals surface area contributed by atoms with E-state index in [9.17, 15) is 19.5 Å². The summed E-state index contributed by atoms with van der Waals surface area (Å²) in [5, 5.41) is 14.2. The highest BCUT2D eigenvalue weighted by molar-refractivity contribution is 5.97. The van der Waals surface area contributed by atoms with Crippen molar-refractivity contribution in [2.45, 2.75) is 103 Å². The summed E-state index contributed by atoms with van der Waals surface area (Å²) in [5.41, 5.74) is 1.48. The van der Waals surface area contributed by atoms with E-state index in [-0.39, 0.29) is 18.7 Å². The summed E-state index contributed by atoms with van der Waals surface area (Å²) >= 11 is 0. The summed E-state index contributed by atoms with van der Waals surface area (Å²) in [6.45, 7) is 13.0. The van der Waals surface area contributed by atoms with Crippen LogP contribution in [-0.4, -0.2) is 80.1 Å². The molecule has 3 unspecified atom stereocenters. The van der Waals surface area contributed by atoms with Crippen molar-refractivity contribution in [2.75, 3.05) is 26.2 Å². The third kappa shape index (κ3) is 7.58. The minimum atomic E-state index is -1.76. The summed E-state index contributed by atoms with van der Waals surface area (Å²) in [6, 6.07) is 3.94. The third-order valence-electron chi connectivity index (χ3n) is 9.57. The number of hydrogen-bond donors (Lipinski definition) is 2. The highest BCUT2D eigenvalue weighted by atomic mass is 16.7. The number of esters is 1. The van der Waals surface area contributed by atoms with Gasteiger partial charge in [0.2, 0.25) is 5.91 Å². The lowest BCUT2D eigenvalue weighted by molar-refractivity contribution is -0.157. The molecular weight excluding hydrogens is 604 g/mol. The number of nitrogens with one attached hydrogen (secondary N) is 1. The zero-order valence-electron chi connectivity index (χ0n) is 29.2. The van der Waals surface area contributed by atoms with E-state index in [0.29, 0.717) is 17.9 Å². The standard InChI is InChI=1S/C36H50N2O9/c1-11-22(5)31-25-16-24(17-26(31)43-9)15-21(4)13-12-14-28(44-10)36(42)19-27(45-34(41)37-36)23(6)32-35(7,47-32)29(18-30(39)38(25)8)46-33(40)20(2)3/h11-14,16-17,20,23,27-29,32,42H,15,18-19H2,1-10H3,(H,37,41)/b14-12+,21-13+,22-11+/t23-,27?,28-,29+,32?,35?,36+/m1/s1. The molecule has 7 atom stereocenters. The molecule has 0 aromatic heterocycles. The fourth-order valence-electron chi connectivity index (χ4n) is 6.47. The summed E-state index contributed by atoms with van der Waals surface area (Å²) in [4.78, 5) is 41.4. The number of alkyl carbamates (subject to hydrolysis) is 1. The number of fused-ring (bicyclic) bond motifs is 5. The van der Waals surface area contributed by atoms with Crippen LogP contribution in [0.25, 0.3) is 5.57 Å². The number of amides is 2. The first kappa shape index (κ1) is 36.2. The predicted molar refractivity (Wildman–Crippen MR) is 178 cm³/mol. The number of aliphatic hydroxyl groups is 1. The van der Waals surface area contributed by atoms with Gasteiger partial charge in [0.25, 0.3) is 0 Å². The molecule has 4 bridgehead atoms. The van der Waals surface area contributed by atoms with Crippen molar-refractivity contribution in [1.29, 1.82) is 0 Å². The van der Waals surface area contributed by atoms with Crippen molar-refractivity contribution >= 4 is 29.2 Å². The molecule has 3 aliphatic rings. The SMILES string of the molecule is C/C=C(\C)c1c(OC)cc2cc1N(C)C(=O)C[C@H](OC(=O)C(C)C)C1(C)OC1[C@H](C)C1C[C@@](O)(NC(=O)O1)[C@H](OC)/C=C/C=C(\C)C2. The molecule has 4 rings (SSSR count). The van der Waals surface area contributed by atoms with Gasteiger partial charge < -0.3 is 33.7 Å². The molecule has 2 saturated heterocycles. The molecular formula is C36H50N2O9. The number of epoxide rings is 1. The van der Waals surface area contributed by atoms with Crippen LogP contribution in [0.2, 0.25) is 0 Å². The quantitative estimate of drug-likeness (QED) is 0.329. The normalized spacial score (nSPS) is 33.6. The van der Waals surface area contributed by atoms with Crippen LogP contribution in [-0.2, 0) is 35.0 Å². The average Bonchev–Trinajstić information content (AvgIpc) is 3.72. The van der Waals surface area contributed by atoms with Crippen molar-refractivity contribution in [3.8, 4) is 5.75 Å². The molecule has 3 heterocycles. The third-order valence-corrected chi connectivity index (χ3v) is 9.57. The van der Waals surface area contributed by atoms with Crippen LogP contribution in [0.1, 0.15) is 72.4 Å². The summed E-state index contributed by atoms with van der Waals surface area (Å²) in [5.74, 6) is -0.973. The lowest BCUT2D eigenvalue weighted by Crippen LogP contribution is -2.63. The second kappa shape index (κ2) is 14.2. The van der Waals surface area contributed by atoms with Gasteiger partial charge in [-0.2, -0.15) is 0 Å². The van der Waals surface area contributed by atoms with E-state index >= 15 is 0 Å². The van der Waals surface area contributed by atoms with Gasteiger partial charge in [-0.25, -0.2) is 4.79 Å². The average molecular weight is 655 g/mol. The van der Waals surface area contributed by atoms with E-state index in [2.05, 4.69) is 5.32 Å². The van der Waals surface area contributed by atoms with Crippen molar-refractivity contribution in [3.63, 3.8) is 0 Å². The Labute approximate surface area is 277 Å². The first-order chi connectivity index (χ1) is 22.1. The molecule has 47 heavy (non-hydrogen) atoms. The number of hydrogen-bond acceptors (Lipinski definition) is 9. The van der Waals surface area contributed by atoms with Gasteiger partial charge in [-0.1, -0.05) is 50.6 Å². The summed E-state index contributed by atoms with van der Waals surface area (Å²) in [7, 11) is 4.77. The number of benzene rings is 1. The molecule has 11 heteroatoms. The molecule has 2 amide bonds. The summed E-state index contributed by atoms with van der Waals surface area (Å²) in [6.07, 6.45) is 3.85. The largest absolute Gasteiger partial charge is 0.496 e. The minimum Gasteiger partial charge on any atom is -0.496 e. The van der Waals surface area contributed by atoms with Gasteiger partial charge in [0.15, 0.2) is 5.72 Å². The number of rotatable bonds is 5. The molecule has 258 valence electrons. The molecule has 0 aliphatic carbocycles. The molecule has 0 spiro atoms. The van der Waals surface area contributed by atoms with E-state index in [1.54, 1.807) is 52.0 Å². The maximum atomic E-state index is 14.1. The predicted octanol–water partition coefficient (Wildman–Crippen LogP) is 5.09. The number of anilines is 1. The monoisotopic (exact) mass is 654 g/mol. The van der Waals surface area contributed by atoms with Crippen molar-refractivity contribution in [1.82, 2.24) is 5.32 Å². The molecule has 2 N–H and O–H groups in total. The maximum Gasteiger partial charge on any atom is 0.409 e. The van der Waals surface area contributed by atoms with E-state index in [1.165, 1.54) is 7.11 Å². The van der Waals surface area contributed by atoms with Crippen molar-refractivity contribution < 1.29 is 43.2 Å². The molecule has 11 nitrogen and oxygen atoms in total. The van der Waals surface area contributed by atoms with Crippen LogP contribution in [0.5, 0.6) is 5.75 Å². The second-order valence-corrected chi connectivity index (χ2v) is 13.4. The lowest BCUT2D eigenvalue weighted by Gasteiger charge is -2.42. The fourth-order valence-corrected chi connectivity index (χ4v) is 6.47. The number of carbonyl (C=O) groups is 3. The Morgan fingerprint density at radius 1 is 1.23 bits per heavy atom. The van der Waals surface area contributed by atoms with Crippen LogP contribution in [0.4, 0.5) is 10.5 Å². The first-order valence-electron chi connectivity index (χ1n) is 16.1. The van der Waals surface area contributed by atoms with E-state index in [0.717, 1.165) is 22.3 Å². The number of methoxy groups -OCH3 is 2. The Kier molecular flexibility index (Phi) is 10.9. The van der Waals surface area contributed by atoms with Crippen LogP contribution >= 0.6 is 0 Å². The Morgan fingerprint density at radius 3 is 2.55 bits per heavy atom.